The van der Waals surface area contributed by atoms with Gasteiger partial charge in [0.25, 0.3) is 0 Å². The molecule has 1 aliphatic rings. The molecule has 110 valence electrons. The molecule has 0 fully saturated rings. The maximum atomic E-state index is 2.62. The molecule has 0 saturated carbocycles. The van der Waals surface area contributed by atoms with Crippen LogP contribution in [0, 0.1) is 11.3 Å². The van der Waals surface area contributed by atoms with E-state index in [1.54, 1.807) is 0 Å². The molecule has 0 aliphatic heterocycles. The molecule has 0 N–H and O–H groups in total. The molecular formula is C18H33N. The molecule has 0 aromatic carbocycles. The van der Waals surface area contributed by atoms with Crippen LogP contribution in [-0.2, 0) is 0 Å². The number of allylic oxidation sites excluding steroid dienone is 3. The highest BCUT2D eigenvalue weighted by Crippen LogP contribution is 2.24. The Bertz CT molecular complexity index is 295. The Kier molecular flexibility index (Phi) is 6.85. The summed E-state index contributed by atoms with van der Waals surface area (Å²) < 4.78 is 0. The van der Waals surface area contributed by atoms with Crippen LogP contribution in [0.3, 0.4) is 0 Å². The smallest absolute Gasteiger partial charge is 0.0166 e. The van der Waals surface area contributed by atoms with E-state index in [0.717, 1.165) is 12.5 Å². The van der Waals surface area contributed by atoms with Crippen molar-refractivity contribution in [2.24, 2.45) is 11.3 Å². The Labute approximate surface area is 120 Å². The fraction of sp³-hybridized carbons (Fsp3) is 0.778. The van der Waals surface area contributed by atoms with Crippen LogP contribution >= 0.6 is 0 Å². The van der Waals surface area contributed by atoms with E-state index < -0.39 is 0 Å². The summed E-state index contributed by atoms with van der Waals surface area (Å²) in [6.45, 7) is 14.0. The molecule has 0 radical (unpaired) electrons. The summed E-state index contributed by atoms with van der Waals surface area (Å²) in [5.41, 5.74) is 0.358. The maximum absolute atomic E-state index is 2.62. The lowest BCUT2D eigenvalue weighted by Crippen LogP contribution is -2.42. The summed E-state index contributed by atoms with van der Waals surface area (Å²) in [5, 5.41) is 0. The monoisotopic (exact) mass is 263 g/mol. The predicted octanol–water partition coefficient (Wildman–Crippen LogP) is 5.05. The number of hydrogen-bond acceptors (Lipinski definition) is 1. The SMILES string of the molecule is CCCN(C/C=C\C1CC=CCC1)C(C)C(C)(C)C. The average Bonchev–Trinajstić information content (AvgIpc) is 2.37. The van der Waals surface area contributed by atoms with Crippen molar-refractivity contribution in [3.8, 4) is 0 Å². The quantitative estimate of drug-likeness (QED) is 0.606. The van der Waals surface area contributed by atoms with Crippen molar-refractivity contribution in [2.75, 3.05) is 13.1 Å². The van der Waals surface area contributed by atoms with Gasteiger partial charge >= 0.3 is 0 Å². The van der Waals surface area contributed by atoms with Gasteiger partial charge in [0.15, 0.2) is 0 Å². The second kappa shape index (κ2) is 7.89. The minimum Gasteiger partial charge on any atom is -0.297 e. The molecule has 0 spiro atoms. The summed E-state index contributed by atoms with van der Waals surface area (Å²) in [5.74, 6) is 0.776. The lowest BCUT2D eigenvalue weighted by atomic mass is 9.86. The van der Waals surface area contributed by atoms with E-state index in [1.807, 2.05) is 0 Å². The zero-order valence-corrected chi connectivity index (χ0v) is 13.7. The average molecular weight is 263 g/mol. The molecule has 1 heteroatoms. The molecule has 0 bridgehead atoms. The second-order valence-electron chi connectivity index (χ2n) is 7.01. The second-order valence-corrected chi connectivity index (χ2v) is 7.01. The van der Waals surface area contributed by atoms with Gasteiger partial charge in [0, 0.05) is 12.6 Å². The molecule has 0 aromatic heterocycles. The van der Waals surface area contributed by atoms with E-state index in [1.165, 1.54) is 32.2 Å². The molecule has 0 saturated heterocycles. The lowest BCUT2D eigenvalue weighted by Gasteiger charge is -2.37. The van der Waals surface area contributed by atoms with Gasteiger partial charge in [-0.25, -0.2) is 0 Å². The normalized spacial score (nSPS) is 22.3. The lowest BCUT2D eigenvalue weighted by molar-refractivity contribution is 0.125. The third-order valence-corrected chi connectivity index (χ3v) is 4.37. The van der Waals surface area contributed by atoms with Crippen LogP contribution in [0.2, 0.25) is 0 Å². The predicted molar refractivity (Wildman–Crippen MR) is 86.4 cm³/mol. The summed E-state index contributed by atoms with van der Waals surface area (Å²) in [6, 6.07) is 0.628. The topological polar surface area (TPSA) is 3.24 Å². The first-order valence-electron chi connectivity index (χ1n) is 8.01. The number of rotatable bonds is 6. The first-order chi connectivity index (χ1) is 8.95. The third kappa shape index (κ3) is 5.95. The molecule has 1 nitrogen and oxygen atoms in total. The van der Waals surface area contributed by atoms with Gasteiger partial charge in [-0.2, -0.15) is 0 Å². The van der Waals surface area contributed by atoms with Gasteiger partial charge in [0.05, 0.1) is 0 Å². The highest BCUT2D eigenvalue weighted by Gasteiger charge is 2.24. The molecule has 19 heavy (non-hydrogen) atoms. The third-order valence-electron chi connectivity index (χ3n) is 4.37. The molecule has 2 unspecified atom stereocenters. The van der Waals surface area contributed by atoms with Gasteiger partial charge in [-0.05, 0) is 50.5 Å². The zero-order chi connectivity index (χ0) is 14.3. The van der Waals surface area contributed by atoms with Crippen molar-refractivity contribution >= 4 is 0 Å². The largest absolute Gasteiger partial charge is 0.297 e. The zero-order valence-electron chi connectivity index (χ0n) is 13.7. The van der Waals surface area contributed by atoms with E-state index in [2.05, 4.69) is 63.8 Å². The molecule has 0 amide bonds. The van der Waals surface area contributed by atoms with Crippen LogP contribution in [-0.4, -0.2) is 24.0 Å². The minimum absolute atomic E-state index is 0.358. The Balaban J connectivity index is 2.49. The van der Waals surface area contributed by atoms with Crippen molar-refractivity contribution in [2.45, 2.75) is 66.3 Å². The van der Waals surface area contributed by atoms with Crippen LogP contribution < -0.4 is 0 Å². The van der Waals surface area contributed by atoms with E-state index in [4.69, 9.17) is 0 Å². The molecule has 0 aromatic rings. The first kappa shape index (κ1) is 16.5. The highest BCUT2D eigenvalue weighted by molar-refractivity contribution is 5.00. The van der Waals surface area contributed by atoms with Gasteiger partial charge in [-0.3, -0.25) is 4.90 Å². The summed E-state index contributed by atoms with van der Waals surface area (Å²) in [4.78, 5) is 2.62. The Morgan fingerprint density at radius 1 is 1.32 bits per heavy atom. The van der Waals surface area contributed by atoms with Crippen LogP contribution in [0.15, 0.2) is 24.3 Å². The maximum Gasteiger partial charge on any atom is 0.0166 e. The van der Waals surface area contributed by atoms with Gasteiger partial charge in [0.1, 0.15) is 0 Å². The Morgan fingerprint density at radius 3 is 2.58 bits per heavy atom. The van der Waals surface area contributed by atoms with E-state index in [9.17, 15) is 0 Å². The standard InChI is InChI=1S/C18H33N/c1-6-14-19(16(2)18(3,4)5)15-10-13-17-11-8-7-9-12-17/h7-8,10,13,16-17H,6,9,11-12,14-15H2,1-5H3/b13-10-. The van der Waals surface area contributed by atoms with Gasteiger partial charge in [0.2, 0.25) is 0 Å². The van der Waals surface area contributed by atoms with E-state index >= 15 is 0 Å². The van der Waals surface area contributed by atoms with Crippen molar-refractivity contribution in [1.82, 2.24) is 4.90 Å². The van der Waals surface area contributed by atoms with Gasteiger partial charge < -0.3 is 0 Å². The summed E-state index contributed by atoms with van der Waals surface area (Å²) >= 11 is 0. The molecule has 1 rings (SSSR count). The van der Waals surface area contributed by atoms with E-state index in [-0.39, 0.29) is 0 Å². The van der Waals surface area contributed by atoms with Crippen LogP contribution in [0.25, 0.3) is 0 Å². The van der Waals surface area contributed by atoms with Crippen molar-refractivity contribution in [3.63, 3.8) is 0 Å². The molecule has 0 heterocycles. The molecule has 1 aliphatic carbocycles. The van der Waals surface area contributed by atoms with E-state index in [0.29, 0.717) is 11.5 Å². The van der Waals surface area contributed by atoms with Gasteiger partial charge in [-0.15, -0.1) is 0 Å². The molecule has 2 atom stereocenters. The number of nitrogens with zero attached hydrogens (tertiary/aromatic N) is 1. The summed E-state index contributed by atoms with van der Waals surface area (Å²) in [7, 11) is 0. The van der Waals surface area contributed by atoms with Crippen molar-refractivity contribution in [1.29, 1.82) is 0 Å². The highest BCUT2D eigenvalue weighted by atomic mass is 15.2. The Morgan fingerprint density at radius 2 is 2.05 bits per heavy atom. The minimum atomic E-state index is 0.358. The van der Waals surface area contributed by atoms with Crippen molar-refractivity contribution < 1.29 is 0 Å². The Hall–Kier alpha value is -0.560. The fourth-order valence-electron chi connectivity index (χ4n) is 2.66. The molecular weight excluding hydrogens is 230 g/mol. The van der Waals surface area contributed by atoms with Crippen molar-refractivity contribution in [3.05, 3.63) is 24.3 Å². The van der Waals surface area contributed by atoms with Crippen LogP contribution in [0.1, 0.15) is 60.3 Å². The van der Waals surface area contributed by atoms with Crippen LogP contribution in [0.5, 0.6) is 0 Å². The number of hydrogen-bond donors (Lipinski definition) is 0. The van der Waals surface area contributed by atoms with Gasteiger partial charge in [-0.1, -0.05) is 52.0 Å². The fourth-order valence-corrected chi connectivity index (χ4v) is 2.66. The summed E-state index contributed by atoms with van der Waals surface area (Å²) in [6.07, 6.45) is 14.6. The first-order valence-corrected chi connectivity index (χ1v) is 8.01. The van der Waals surface area contributed by atoms with Crippen LogP contribution in [0.4, 0.5) is 0 Å².